The smallest absolute Gasteiger partial charge is 0.0451 e. The first-order valence-electron chi connectivity index (χ1n) is 4.97. The van der Waals surface area contributed by atoms with E-state index in [1.807, 2.05) is 18.2 Å². The molecule has 1 fully saturated rings. The molecule has 1 aromatic carbocycles. The monoisotopic (exact) mass is 210 g/mol. The van der Waals surface area contributed by atoms with Crippen molar-refractivity contribution in [3.8, 4) is 0 Å². The maximum atomic E-state index is 6.08. The van der Waals surface area contributed by atoms with E-state index in [0.717, 1.165) is 31.1 Å². The van der Waals surface area contributed by atoms with Gasteiger partial charge >= 0.3 is 0 Å². The molecule has 2 nitrogen and oxygen atoms in total. The van der Waals surface area contributed by atoms with Crippen LogP contribution in [0.1, 0.15) is 12.0 Å². The summed E-state index contributed by atoms with van der Waals surface area (Å²) >= 11 is 6.08. The lowest BCUT2D eigenvalue weighted by atomic mass is 10.2. The number of hydrogen-bond acceptors (Lipinski definition) is 2. The molecule has 0 radical (unpaired) electrons. The highest BCUT2D eigenvalue weighted by Crippen LogP contribution is 2.19. The van der Waals surface area contributed by atoms with Crippen LogP contribution in [-0.2, 0) is 6.54 Å². The summed E-state index contributed by atoms with van der Waals surface area (Å²) < 4.78 is 0. The molecule has 1 atom stereocenters. The second-order valence-corrected chi connectivity index (χ2v) is 4.28. The van der Waals surface area contributed by atoms with Crippen molar-refractivity contribution in [3.63, 3.8) is 0 Å². The largest absolute Gasteiger partial charge is 0.326 e. The van der Waals surface area contributed by atoms with Gasteiger partial charge in [-0.15, -0.1) is 0 Å². The van der Waals surface area contributed by atoms with E-state index in [2.05, 4.69) is 11.0 Å². The second-order valence-electron chi connectivity index (χ2n) is 3.88. The molecule has 0 saturated carbocycles. The SMILES string of the molecule is N[C@@H]1CCN(Cc2ccccc2Cl)C1. The average molecular weight is 211 g/mol. The van der Waals surface area contributed by atoms with Crippen LogP contribution in [0, 0.1) is 0 Å². The lowest BCUT2D eigenvalue weighted by molar-refractivity contribution is 0.327. The van der Waals surface area contributed by atoms with E-state index in [0.29, 0.717) is 6.04 Å². The normalized spacial score (nSPS) is 22.9. The molecule has 1 aliphatic heterocycles. The third-order valence-electron chi connectivity index (χ3n) is 2.66. The fraction of sp³-hybridized carbons (Fsp3) is 0.455. The van der Waals surface area contributed by atoms with Gasteiger partial charge in [-0.2, -0.15) is 0 Å². The number of halogens is 1. The number of rotatable bonds is 2. The van der Waals surface area contributed by atoms with Crippen molar-refractivity contribution in [2.75, 3.05) is 13.1 Å². The highest BCUT2D eigenvalue weighted by atomic mass is 35.5. The standard InChI is InChI=1S/C11H15ClN2/c12-11-4-2-1-3-9(11)7-14-6-5-10(13)8-14/h1-4,10H,5-8,13H2/t10-/m1/s1. The first kappa shape index (κ1) is 9.97. The Labute approximate surface area is 89.7 Å². The number of likely N-dealkylation sites (tertiary alicyclic amines) is 1. The van der Waals surface area contributed by atoms with Crippen LogP contribution in [0.3, 0.4) is 0 Å². The van der Waals surface area contributed by atoms with Crippen LogP contribution in [0.15, 0.2) is 24.3 Å². The molecule has 3 heteroatoms. The molecule has 2 rings (SSSR count). The van der Waals surface area contributed by atoms with Gasteiger partial charge in [-0.25, -0.2) is 0 Å². The van der Waals surface area contributed by atoms with Gasteiger partial charge in [0.05, 0.1) is 0 Å². The molecular weight excluding hydrogens is 196 g/mol. The van der Waals surface area contributed by atoms with Gasteiger partial charge in [0.1, 0.15) is 0 Å². The van der Waals surface area contributed by atoms with Gasteiger partial charge in [0, 0.05) is 30.7 Å². The molecule has 14 heavy (non-hydrogen) atoms. The van der Waals surface area contributed by atoms with Crippen molar-refractivity contribution in [2.45, 2.75) is 19.0 Å². The van der Waals surface area contributed by atoms with E-state index < -0.39 is 0 Å². The quantitative estimate of drug-likeness (QED) is 0.808. The molecule has 0 aliphatic carbocycles. The molecule has 0 spiro atoms. The molecule has 76 valence electrons. The average Bonchev–Trinajstić information content (AvgIpc) is 2.56. The Morgan fingerprint density at radius 2 is 2.21 bits per heavy atom. The Balaban J connectivity index is 2.01. The maximum absolute atomic E-state index is 6.08. The van der Waals surface area contributed by atoms with Crippen LogP contribution in [-0.4, -0.2) is 24.0 Å². The van der Waals surface area contributed by atoms with Gasteiger partial charge in [0.25, 0.3) is 0 Å². The van der Waals surface area contributed by atoms with Crippen molar-refractivity contribution in [3.05, 3.63) is 34.9 Å². The second kappa shape index (κ2) is 4.30. The van der Waals surface area contributed by atoms with E-state index in [4.69, 9.17) is 17.3 Å². The summed E-state index contributed by atoms with van der Waals surface area (Å²) in [6.45, 7) is 3.00. The summed E-state index contributed by atoms with van der Waals surface area (Å²) in [6.07, 6.45) is 1.10. The van der Waals surface area contributed by atoms with Crippen molar-refractivity contribution in [1.82, 2.24) is 4.90 Å². The van der Waals surface area contributed by atoms with Gasteiger partial charge < -0.3 is 5.73 Å². The summed E-state index contributed by atoms with van der Waals surface area (Å²) in [5.74, 6) is 0. The van der Waals surface area contributed by atoms with Crippen LogP contribution < -0.4 is 5.73 Å². The Hall–Kier alpha value is -0.570. The molecule has 1 heterocycles. The molecular formula is C11H15ClN2. The maximum Gasteiger partial charge on any atom is 0.0451 e. The van der Waals surface area contributed by atoms with Crippen LogP contribution in [0.5, 0.6) is 0 Å². The molecule has 0 amide bonds. The number of nitrogens with two attached hydrogens (primary N) is 1. The zero-order valence-corrected chi connectivity index (χ0v) is 8.87. The van der Waals surface area contributed by atoms with Crippen LogP contribution in [0.25, 0.3) is 0 Å². The first-order chi connectivity index (χ1) is 6.75. The van der Waals surface area contributed by atoms with Gasteiger partial charge in [-0.1, -0.05) is 29.8 Å². The summed E-state index contributed by atoms with van der Waals surface area (Å²) in [4.78, 5) is 2.35. The van der Waals surface area contributed by atoms with E-state index in [9.17, 15) is 0 Å². The van der Waals surface area contributed by atoms with E-state index in [1.54, 1.807) is 0 Å². The fourth-order valence-corrected chi connectivity index (χ4v) is 2.07. The van der Waals surface area contributed by atoms with E-state index in [1.165, 1.54) is 5.56 Å². The van der Waals surface area contributed by atoms with Crippen molar-refractivity contribution in [2.24, 2.45) is 5.73 Å². The lowest BCUT2D eigenvalue weighted by Crippen LogP contribution is -2.26. The van der Waals surface area contributed by atoms with E-state index in [-0.39, 0.29) is 0 Å². The highest BCUT2D eigenvalue weighted by Gasteiger charge is 2.19. The molecule has 0 aromatic heterocycles. The summed E-state index contributed by atoms with van der Waals surface area (Å²) in [6, 6.07) is 8.34. The molecule has 1 aromatic rings. The number of benzene rings is 1. The summed E-state index contributed by atoms with van der Waals surface area (Å²) in [5.41, 5.74) is 7.04. The summed E-state index contributed by atoms with van der Waals surface area (Å²) in [7, 11) is 0. The summed E-state index contributed by atoms with van der Waals surface area (Å²) in [5, 5.41) is 0.855. The molecule has 1 saturated heterocycles. The minimum absolute atomic E-state index is 0.345. The molecule has 0 unspecified atom stereocenters. The van der Waals surface area contributed by atoms with Gasteiger partial charge in [0.15, 0.2) is 0 Å². The van der Waals surface area contributed by atoms with E-state index >= 15 is 0 Å². The zero-order valence-electron chi connectivity index (χ0n) is 8.12. The minimum Gasteiger partial charge on any atom is -0.326 e. The Morgan fingerprint density at radius 3 is 2.86 bits per heavy atom. The highest BCUT2D eigenvalue weighted by molar-refractivity contribution is 6.31. The van der Waals surface area contributed by atoms with Crippen molar-refractivity contribution < 1.29 is 0 Å². The first-order valence-corrected chi connectivity index (χ1v) is 5.35. The lowest BCUT2D eigenvalue weighted by Gasteiger charge is -2.15. The third-order valence-corrected chi connectivity index (χ3v) is 3.03. The van der Waals surface area contributed by atoms with Crippen LogP contribution in [0.2, 0.25) is 5.02 Å². The van der Waals surface area contributed by atoms with Gasteiger partial charge in [-0.05, 0) is 18.1 Å². The van der Waals surface area contributed by atoms with Crippen molar-refractivity contribution >= 4 is 11.6 Å². The van der Waals surface area contributed by atoms with Crippen LogP contribution in [0.4, 0.5) is 0 Å². The molecule has 2 N–H and O–H groups in total. The van der Waals surface area contributed by atoms with Crippen LogP contribution >= 0.6 is 11.6 Å². The van der Waals surface area contributed by atoms with Gasteiger partial charge in [0.2, 0.25) is 0 Å². The zero-order chi connectivity index (χ0) is 9.97. The Kier molecular flexibility index (Phi) is 3.06. The Bertz CT molecular complexity index is 314. The minimum atomic E-state index is 0.345. The molecule has 0 bridgehead atoms. The predicted octanol–water partition coefficient (Wildman–Crippen LogP) is 1.87. The predicted molar refractivity (Wildman–Crippen MR) is 59.3 cm³/mol. The number of hydrogen-bond donors (Lipinski definition) is 1. The third kappa shape index (κ3) is 2.27. The number of nitrogens with zero attached hydrogens (tertiary/aromatic N) is 1. The topological polar surface area (TPSA) is 29.3 Å². The van der Waals surface area contributed by atoms with Crippen molar-refractivity contribution in [1.29, 1.82) is 0 Å². The fourth-order valence-electron chi connectivity index (χ4n) is 1.87. The van der Waals surface area contributed by atoms with Gasteiger partial charge in [-0.3, -0.25) is 4.90 Å². The Morgan fingerprint density at radius 1 is 1.43 bits per heavy atom. The molecule has 1 aliphatic rings.